The number of aliphatic hydroxyl groups excluding tert-OH is 1. The average Bonchev–Trinajstić information content (AvgIpc) is 2.70. The van der Waals surface area contributed by atoms with Crippen molar-refractivity contribution in [1.82, 2.24) is 0 Å². The van der Waals surface area contributed by atoms with E-state index < -0.39 is 5.97 Å². The summed E-state index contributed by atoms with van der Waals surface area (Å²) in [4.78, 5) is 10.8. The Labute approximate surface area is 193 Å². The van der Waals surface area contributed by atoms with Gasteiger partial charge in [0.25, 0.3) is 0 Å². The Bertz CT molecular complexity index is 900. The summed E-state index contributed by atoms with van der Waals surface area (Å²) >= 11 is 0. The molecule has 0 spiro atoms. The molecule has 0 heterocycles. The predicted octanol–water partition coefficient (Wildman–Crippen LogP) is 6.57. The van der Waals surface area contributed by atoms with Crippen molar-refractivity contribution in [2.45, 2.75) is 84.5 Å². The van der Waals surface area contributed by atoms with Gasteiger partial charge in [-0.05, 0) is 91.2 Å². The van der Waals surface area contributed by atoms with Crippen LogP contribution in [-0.2, 0) is 15.6 Å². The second-order valence-corrected chi connectivity index (χ2v) is 10.2. The predicted molar refractivity (Wildman–Crippen MR) is 132 cm³/mol. The lowest BCUT2D eigenvalue weighted by atomic mass is 9.62. The number of unbranched alkanes of at least 4 members (excludes halogenated alkanes) is 2. The maximum Gasteiger partial charge on any atom is 0.328 e. The van der Waals surface area contributed by atoms with Gasteiger partial charge in [0.1, 0.15) is 5.75 Å². The van der Waals surface area contributed by atoms with Crippen LogP contribution in [0.5, 0.6) is 5.75 Å². The van der Waals surface area contributed by atoms with Gasteiger partial charge in [-0.2, -0.15) is 0 Å². The molecule has 0 radical (unpaired) electrons. The number of hydrogen-bond acceptors (Lipinski definition) is 3. The van der Waals surface area contributed by atoms with Gasteiger partial charge in [0.2, 0.25) is 0 Å². The highest BCUT2D eigenvalue weighted by molar-refractivity contribution is 5.81. The van der Waals surface area contributed by atoms with E-state index >= 15 is 0 Å². The number of fused-ring (bicyclic) bond motifs is 1. The van der Waals surface area contributed by atoms with Crippen LogP contribution in [0, 0.1) is 0 Å². The molecule has 0 atom stereocenters. The lowest BCUT2D eigenvalue weighted by Gasteiger charge is -2.42. The Balaban J connectivity index is 2.45. The molecule has 0 aromatic heterocycles. The minimum absolute atomic E-state index is 0.106. The molecule has 2 rings (SSSR count). The minimum atomic E-state index is -0.940. The summed E-state index contributed by atoms with van der Waals surface area (Å²) in [6, 6.07) is 4.55. The number of hydrogen-bond donors (Lipinski definition) is 2. The number of rotatable bonds is 10. The van der Waals surface area contributed by atoms with Crippen LogP contribution >= 0.6 is 0 Å². The molecule has 4 heteroatoms. The van der Waals surface area contributed by atoms with Gasteiger partial charge in [0.05, 0.1) is 6.61 Å². The molecule has 0 unspecified atom stereocenters. The molecule has 1 aliphatic rings. The molecule has 176 valence electrons. The number of aliphatic carboxylic acids is 1. The van der Waals surface area contributed by atoms with Crippen molar-refractivity contribution in [3.8, 4) is 5.75 Å². The van der Waals surface area contributed by atoms with Crippen LogP contribution in [-0.4, -0.2) is 29.4 Å². The first kappa shape index (κ1) is 25.9. The summed E-state index contributed by atoms with van der Waals surface area (Å²) in [5, 5.41) is 17.9. The molecule has 2 N–H and O–H groups in total. The van der Waals surface area contributed by atoms with Gasteiger partial charge in [0, 0.05) is 18.2 Å². The van der Waals surface area contributed by atoms with Gasteiger partial charge in [-0.3, -0.25) is 0 Å². The van der Waals surface area contributed by atoms with Gasteiger partial charge in [-0.25, -0.2) is 4.79 Å². The van der Waals surface area contributed by atoms with Crippen molar-refractivity contribution >= 4 is 11.5 Å². The zero-order chi connectivity index (χ0) is 23.9. The third-order valence-corrected chi connectivity index (χ3v) is 6.49. The largest absolute Gasteiger partial charge is 0.493 e. The molecule has 1 aromatic rings. The molecule has 0 amide bonds. The summed E-state index contributed by atoms with van der Waals surface area (Å²) in [6.07, 6.45) is 11.9. The number of ether oxygens (including phenoxy) is 1. The van der Waals surface area contributed by atoms with Crippen LogP contribution in [0.25, 0.3) is 5.57 Å². The summed E-state index contributed by atoms with van der Waals surface area (Å²) < 4.78 is 6.28. The van der Waals surface area contributed by atoms with Crippen LogP contribution < -0.4 is 4.74 Å². The third-order valence-electron chi connectivity index (χ3n) is 6.49. The molecule has 1 aliphatic carbocycles. The van der Waals surface area contributed by atoms with Crippen molar-refractivity contribution in [2.75, 3.05) is 13.2 Å². The number of carboxylic acid groups (broad SMARTS) is 1. The topological polar surface area (TPSA) is 66.8 Å². The van der Waals surface area contributed by atoms with Crippen LogP contribution in [0.2, 0.25) is 0 Å². The quantitative estimate of drug-likeness (QED) is 0.245. The van der Waals surface area contributed by atoms with Gasteiger partial charge < -0.3 is 14.9 Å². The summed E-state index contributed by atoms with van der Waals surface area (Å²) in [6.45, 7) is 14.0. The number of carbonyl (C=O) groups is 1. The lowest BCUT2D eigenvalue weighted by molar-refractivity contribution is -0.131. The standard InChI is InChI=1S/C28H40O4/c1-20(17-26(30)31)11-10-12-21(2)22-18-23-24(28(5,6)14-13-27(23,3)4)19-25(22)32-16-9-7-8-15-29/h10-12,17-19,29H,7-9,13-16H2,1-6H3,(H,30,31). The molecular formula is C28H40O4. The summed E-state index contributed by atoms with van der Waals surface area (Å²) in [5.41, 5.74) is 5.82. The summed E-state index contributed by atoms with van der Waals surface area (Å²) in [5.74, 6) is -0.0391. The van der Waals surface area contributed by atoms with E-state index in [1.165, 1.54) is 17.2 Å². The number of allylic oxidation sites excluding steroid dienone is 5. The molecule has 0 fully saturated rings. The van der Waals surface area contributed by atoms with Gasteiger partial charge >= 0.3 is 5.97 Å². The Hall–Kier alpha value is -2.33. The minimum Gasteiger partial charge on any atom is -0.493 e. The van der Waals surface area contributed by atoms with Crippen LogP contribution in [0.3, 0.4) is 0 Å². The van der Waals surface area contributed by atoms with Crippen LogP contribution in [0.15, 0.2) is 42.0 Å². The van der Waals surface area contributed by atoms with Crippen molar-refractivity contribution in [3.63, 3.8) is 0 Å². The van der Waals surface area contributed by atoms with Gasteiger partial charge in [-0.15, -0.1) is 0 Å². The normalized spacial score (nSPS) is 18.0. The first-order valence-electron chi connectivity index (χ1n) is 11.7. The molecule has 1 aromatic carbocycles. The fourth-order valence-electron chi connectivity index (χ4n) is 4.27. The number of aliphatic hydroxyl groups is 1. The van der Waals surface area contributed by atoms with E-state index in [1.54, 1.807) is 13.0 Å². The smallest absolute Gasteiger partial charge is 0.328 e. The highest BCUT2D eigenvalue weighted by Crippen LogP contribution is 2.48. The van der Waals surface area contributed by atoms with Crippen molar-refractivity contribution < 1.29 is 19.7 Å². The molecule has 0 aliphatic heterocycles. The highest BCUT2D eigenvalue weighted by atomic mass is 16.5. The molecule has 32 heavy (non-hydrogen) atoms. The highest BCUT2D eigenvalue weighted by Gasteiger charge is 2.38. The fraction of sp³-hybridized carbons (Fsp3) is 0.536. The molecule has 0 bridgehead atoms. The first-order valence-corrected chi connectivity index (χ1v) is 11.7. The van der Waals surface area contributed by atoms with Crippen molar-refractivity contribution in [1.29, 1.82) is 0 Å². The summed E-state index contributed by atoms with van der Waals surface area (Å²) in [7, 11) is 0. The second kappa shape index (κ2) is 11.0. The van der Waals surface area contributed by atoms with Crippen molar-refractivity contribution in [3.05, 3.63) is 58.7 Å². The number of benzene rings is 1. The first-order chi connectivity index (χ1) is 15.0. The maximum absolute atomic E-state index is 10.8. The lowest BCUT2D eigenvalue weighted by Crippen LogP contribution is -2.34. The van der Waals surface area contributed by atoms with E-state index in [0.29, 0.717) is 12.2 Å². The Morgan fingerprint density at radius 3 is 2.25 bits per heavy atom. The second-order valence-electron chi connectivity index (χ2n) is 10.2. The Morgan fingerprint density at radius 2 is 1.66 bits per heavy atom. The SMILES string of the molecule is CC(C=CC=C(C)c1cc2c(cc1OCCCCCO)C(C)(C)CCC2(C)C)=CC(=O)O. The average molecular weight is 441 g/mol. The van der Waals surface area contributed by atoms with E-state index in [2.05, 4.69) is 46.8 Å². The Kier molecular flexibility index (Phi) is 8.91. The van der Waals surface area contributed by atoms with Gasteiger partial charge in [0.15, 0.2) is 0 Å². The van der Waals surface area contributed by atoms with E-state index in [9.17, 15) is 4.79 Å². The van der Waals surface area contributed by atoms with Crippen LogP contribution in [0.1, 0.15) is 90.3 Å². The van der Waals surface area contributed by atoms with Gasteiger partial charge in [-0.1, -0.05) is 45.9 Å². The van der Waals surface area contributed by atoms with E-state index in [0.717, 1.165) is 49.0 Å². The van der Waals surface area contributed by atoms with Crippen molar-refractivity contribution in [2.24, 2.45) is 0 Å². The zero-order valence-corrected chi connectivity index (χ0v) is 20.6. The van der Waals surface area contributed by atoms with E-state index in [1.807, 2.05) is 12.2 Å². The number of carboxylic acids is 1. The fourth-order valence-corrected chi connectivity index (χ4v) is 4.27. The molecule has 0 saturated heterocycles. The molecule has 0 saturated carbocycles. The van der Waals surface area contributed by atoms with Crippen LogP contribution in [0.4, 0.5) is 0 Å². The van der Waals surface area contributed by atoms with E-state index in [4.69, 9.17) is 14.9 Å². The molecule has 4 nitrogen and oxygen atoms in total. The Morgan fingerprint density at radius 1 is 1.03 bits per heavy atom. The third kappa shape index (κ3) is 6.83. The van der Waals surface area contributed by atoms with E-state index in [-0.39, 0.29) is 17.4 Å². The molecular weight excluding hydrogens is 400 g/mol. The zero-order valence-electron chi connectivity index (χ0n) is 20.6. The monoisotopic (exact) mass is 440 g/mol. The maximum atomic E-state index is 10.8.